The highest BCUT2D eigenvalue weighted by atomic mass is 16.5. The minimum Gasteiger partial charge on any atom is -0.450 e. The van der Waals surface area contributed by atoms with Crippen LogP contribution in [0.25, 0.3) is 5.65 Å². The molecular weight excluding hydrogens is 240 g/mol. The van der Waals surface area contributed by atoms with Gasteiger partial charge >= 0.3 is 0 Å². The zero-order valence-corrected chi connectivity index (χ0v) is 11.2. The summed E-state index contributed by atoms with van der Waals surface area (Å²) in [7, 11) is 0. The van der Waals surface area contributed by atoms with E-state index in [0.29, 0.717) is 11.7 Å². The third kappa shape index (κ3) is 2.19. The molecule has 0 amide bonds. The van der Waals surface area contributed by atoms with E-state index in [4.69, 9.17) is 4.74 Å². The average Bonchev–Trinajstić information content (AvgIpc) is 2.97. The molecule has 0 saturated carbocycles. The average molecular weight is 256 g/mol. The normalized spacial score (nSPS) is 11.4. The summed E-state index contributed by atoms with van der Waals surface area (Å²) in [5.74, 6) is 1.86. The molecule has 1 N–H and O–H groups in total. The van der Waals surface area contributed by atoms with Crippen LogP contribution in [0.1, 0.15) is 31.0 Å². The standard InChI is InChI=1S/C14H16N4O/c1-9(2)11-4-13(19-12-5-15-16-6-12)14-17-10(3)7-18(14)8-11/h4-9H,1-3H3,(H,15,16). The Morgan fingerprint density at radius 2 is 2.16 bits per heavy atom. The Morgan fingerprint density at radius 1 is 1.32 bits per heavy atom. The van der Waals surface area contributed by atoms with Crippen LogP contribution in [0.4, 0.5) is 0 Å². The Hall–Kier alpha value is -2.30. The van der Waals surface area contributed by atoms with Crippen molar-refractivity contribution in [3.8, 4) is 11.5 Å². The van der Waals surface area contributed by atoms with Crippen LogP contribution in [0, 0.1) is 6.92 Å². The number of ether oxygens (including phenoxy) is 1. The highest BCUT2D eigenvalue weighted by molar-refractivity contribution is 5.57. The predicted molar refractivity (Wildman–Crippen MR) is 72.7 cm³/mol. The fraction of sp³-hybridized carbons (Fsp3) is 0.286. The maximum atomic E-state index is 5.86. The molecular formula is C14H16N4O. The van der Waals surface area contributed by atoms with Gasteiger partial charge in [0.15, 0.2) is 17.1 Å². The van der Waals surface area contributed by atoms with E-state index in [9.17, 15) is 0 Å². The van der Waals surface area contributed by atoms with E-state index in [1.807, 2.05) is 23.6 Å². The van der Waals surface area contributed by atoms with Gasteiger partial charge < -0.3 is 9.14 Å². The van der Waals surface area contributed by atoms with E-state index in [-0.39, 0.29) is 0 Å². The molecule has 3 aromatic rings. The van der Waals surface area contributed by atoms with Crippen LogP contribution in [-0.4, -0.2) is 19.6 Å². The van der Waals surface area contributed by atoms with Gasteiger partial charge in [-0.1, -0.05) is 13.8 Å². The number of aromatic nitrogens is 4. The summed E-state index contributed by atoms with van der Waals surface area (Å²) < 4.78 is 7.87. The third-order valence-corrected chi connectivity index (χ3v) is 3.03. The van der Waals surface area contributed by atoms with Crippen molar-refractivity contribution in [1.82, 2.24) is 19.6 Å². The molecule has 98 valence electrons. The molecule has 3 rings (SSSR count). The van der Waals surface area contributed by atoms with Crippen molar-refractivity contribution in [1.29, 1.82) is 0 Å². The smallest absolute Gasteiger partial charge is 0.180 e. The van der Waals surface area contributed by atoms with Gasteiger partial charge in [0.05, 0.1) is 18.1 Å². The Balaban J connectivity index is 2.14. The van der Waals surface area contributed by atoms with Gasteiger partial charge in [0.2, 0.25) is 0 Å². The first-order valence-corrected chi connectivity index (χ1v) is 6.29. The first kappa shape index (κ1) is 11.8. The van der Waals surface area contributed by atoms with E-state index in [1.54, 1.807) is 12.4 Å². The lowest BCUT2D eigenvalue weighted by atomic mass is 10.1. The summed E-state index contributed by atoms with van der Waals surface area (Å²) in [5.41, 5.74) is 3.00. The Kier molecular flexibility index (Phi) is 2.74. The van der Waals surface area contributed by atoms with Crippen molar-refractivity contribution in [2.24, 2.45) is 0 Å². The molecule has 0 saturated heterocycles. The van der Waals surface area contributed by atoms with Crippen molar-refractivity contribution < 1.29 is 4.74 Å². The first-order valence-electron chi connectivity index (χ1n) is 6.29. The summed E-state index contributed by atoms with van der Waals surface area (Å²) in [5, 5.41) is 6.62. The van der Waals surface area contributed by atoms with E-state index >= 15 is 0 Å². The summed E-state index contributed by atoms with van der Waals surface area (Å²) >= 11 is 0. The maximum Gasteiger partial charge on any atom is 0.180 e. The van der Waals surface area contributed by atoms with Gasteiger partial charge in [0, 0.05) is 12.4 Å². The molecule has 0 unspecified atom stereocenters. The highest BCUT2D eigenvalue weighted by Crippen LogP contribution is 2.29. The van der Waals surface area contributed by atoms with Gasteiger partial charge in [0.25, 0.3) is 0 Å². The zero-order valence-electron chi connectivity index (χ0n) is 11.2. The van der Waals surface area contributed by atoms with E-state index in [0.717, 1.165) is 17.1 Å². The molecule has 0 aliphatic rings. The first-order chi connectivity index (χ1) is 9.13. The summed E-state index contributed by atoms with van der Waals surface area (Å²) in [6.45, 7) is 6.29. The number of pyridine rings is 1. The lowest BCUT2D eigenvalue weighted by Crippen LogP contribution is -1.95. The minimum atomic E-state index is 0.429. The monoisotopic (exact) mass is 256 g/mol. The van der Waals surface area contributed by atoms with E-state index in [1.165, 1.54) is 5.56 Å². The number of rotatable bonds is 3. The molecule has 0 aliphatic carbocycles. The van der Waals surface area contributed by atoms with Crippen molar-refractivity contribution in [2.75, 3.05) is 0 Å². The largest absolute Gasteiger partial charge is 0.450 e. The molecule has 0 aliphatic heterocycles. The van der Waals surface area contributed by atoms with Gasteiger partial charge in [-0.3, -0.25) is 5.10 Å². The molecule has 19 heavy (non-hydrogen) atoms. The van der Waals surface area contributed by atoms with Crippen LogP contribution >= 0.6 is 0 Å². The van der Waals surface area contributed by atoms with Crippen molar-refractivity contribution in [2.45, 2.75) is 26.7 Å². The maximum absolute atomic E-state index is 5.86. The second-order valence-corrected chi connectivity index (χ2v) is 4.94. The number of aryl methyl sites for hydroxylation is 1. The molecule has 5 heteroatoms. The minimum absolute atomic E-state index is 0.429. The van der Waals surface area contributed by atoms with Gasteiger partial charge in [-0.2, -0.15) is 5.10 Å². The van der Waals surface area contributed by atoms with Crippen molar-refractivity contribution in [3.63, 3.8) is 0 Å². The molecule has 0 aromatic carbocycles. The third-order valence-electron chi connectivity index (χ3n) is 3.03. The summed E-state index contributed by atoms with van der Waals surface area (Å²) in [4.78, 5) is 4.50. The number of hydrogen-bond acceptors (Lipinski definition) is 3. The number of H-pyrrole nitrogens is 1. The molecule has 0 spiro atoms. The van der Waals surface area contributed by atoms with Gasteiger partial charge in [-0.15, -0.1) is 0 Å². The molecule has 0 fully saturated rings. The number of hydrogen-bond donors (Lipinski definition) is 1. The zero-order chi connectivity index (χ0) is 13.4. The van der Waals surface area contributed by atoms with Crippen LogP contribution in [0.2, 0.25) is 0 Å². The van der Waals surface area contributed by atoms with Gasteiger partial charge in [0.1, 0.15) is 0 Å². The van der Waals surface area contributed by atoms with Gasteiger partial charge in [-0.05, 0) is 24.5 Å². The van der Waals surface area contributed by atoms with Crippen molar-refractivity contribution in [3.05, 3.63) is 42.1 Å². The number of fused-ring (bicyclic) bond motifs is 1. The Morgan fingerprint density at radius 3 is 2.84 bits per heavy atom. The van der Waals surface area contributed by atoms with Crippen LogP contribution in [0.3, 0.4) is 0 Å². The van der Waals surface area contributed by atoms with Crippen LogP contribution < -0.4 is 4.74 Å². The second kappa shape index (κ2) is 4.42. The molecule has 3 aromatic heterocycles. The number of nitrogens with one attached hydrogen (secondary N) is 1. The molecule has 0 bridgehead atoms. The topological polar surface area (TPSA) is 55.2 Å². The molecule has 0 atom stereocenters. The summed E-state index contributed by atoms with van der Waals surface area (Å²) in [6.07, 6.45) is 7.47. The van der Waals surface area contributed by atoms with E-state index < -0.39 is 0 Å². The van der Waals surface area contributed by atoms with Crippen LogP contribution in [-0.2, 0) is 0 Å². The Bertz CT molecular complexity index is 698. The molecule has 3 heterocycles. The van der Waals surface area contributed by atoms with Crippen molar-refractivity contribution >= 4 is 5.65 Å². The van der Waals surface area contributed by atoms with E-state index in [2.05, 4.69) is 35.2 Å². The Labute approximate surface area is 111 Å². The van der Waals surface area contributed by atoms with Crippen LogP contribution in [0.15, 0.2) is 30.9 Å². The number of aromatic amines is 1. The number of nitrogens with zero attached hydrogens (tertiary/aromatic N) is 3. The summed E-state index contributed by atoms with van der Waals surface area (Å²) in [6, 6.07) is 2.04. The lowest BCUT2D eigenvalue weighted by molar-refractivity contribution is 0.483. The predicted octanol–water partition coefficient (Wildman–Crippen LogP) is 3.28. The van der Waals surface area contributed by atoms with Crippen LogP contribution in [0.5, 0.6) is 11.5 Å². The second-order valence-electron chi connectivity index (χ2n) is 4.94. The quantitative estimate of drug-likeness (QED) is 0.782. The molecule has 5 nitrogen and oxygen atoms in total. The lowest BCUT2D eigenvalue weighted by Gasteiger charge is -2.10. The number of imidazole rings is 1. The fourth-order valence-electron chi connectivity index (χ4n) is 2.02. The SMILES string of the molecule is Cc1cn2cc(C(C)C)cc(Oc3cn[nH]c3)c2n1. The fourth-order valence-corrected chi connectivity index (χ4v) is 2.02. The van der Waals surface area contributed by atoms with Gasteiger partial charge in [-0.25, -0.2) is 4.98 Å². The highest BCUT2D eigenvalue weighted by Gasteiger charge is 2.11. The molecule has 0 radical (unpaired) electrons.